The summed E-state index contributed by atoms with van der Waals surface area (Å²) >= 11 is 0. The fraction of sp³-hybridized carbons (Fsp3) is 0. The van der Waals surface area contributed by atoms with Gasteiger partial charge in [0.2, 0.25) is 0 Å². The van der Waals surface area contributed by atoms with Gasteiger partial charge in [-0.3, -0.25) is 0 Å². The van der Waals surface area contributed by atoms with Gasteiger partial charge in [-0.1, -0.05) is 121 Å². The predicted octanol–water partition coefficient (Wildman–Crippen LogP) is 12.1. The van der Waals surface area contributed by atoms with Crippen molar-refractivity contribution >= 4 is 76.2 Å². The van der Waals surface area contributed by atoms with E-state index >= 15 is 0 Å². The molecule has 11 rings (SSSR count). The first kappa shape index (κ1) is 26.5. The zero-order valence-electron chi connectivity index (χ0n) is 26.6. The molecule has 0 atom stereocenters. The maximum Gasteiger partial charge on any atom is 0.0810 e. The van der Waals surface area contributed by atoms with Crippen molar-refractivity contribution in [2.24, 2.45) is 0 Å². The van der Waals surface area contributed by atoms with E-state index in [2.05, 4.69) is 190 Å². The highest BCUT2D eigenvalue weighted by molar-refractivity contribution is 6.40. The third-order valence-corrected chi connectivity index (χ3v) is 10.4. The van der Waals surface area contributed by atoms with Gasteiger partial charge in [0.25, 0.3) is 0 Å². The summed E-state index contributed by atoms with van der Waals surface area (Å²) in [6.07, 6.45) is 0. The Bertz CT molecular complexity index is 3090. The minimum Gasteiger partial charge on any atom is -0.308 e. The molecule has 8 aromatic carbocycles. The summed E-state index contributed by atoms with van der Waals surface area (Å²) in [5.41, 5.74) is 10.7. The lowest BCUT2D eigenvalue weighted by Crippen LogP contribution is -1.99. The fourth-order valence-electron chi connectivity index (χ4n) is 8.43. The second kappa shape index (κ2) is 9.96. The highest BCUT2D eigenvalue weighted by Gasteiger charge is 2.28. The van der Waals surface area contributed by atoms with Crippen LogP contribution >= 0.6 is 0 Å². The number of benzene rings is 8. The van der Waals surface area contributed by atoms with E-state index < -0.39 is 0 Å². The molecule has 0 radical (unpaired) electrons. The average Bonchev–Trinajstić information content (AvgIpc) is 3.81. The normalized spacial score (nSPS) is 12.1. The first-order valence-corrected chi connectivity index (χ1v) is 16.9. The van der Waals surface area contributed by atoms with Crippen LogP contribution in [0.15, 0.2) is 176 Å². The van der Waals surface area contributed by atoms with Crippen LogP contribution in [0, 0.1) is 0 Å². The molecule has 0 saturated heterocycles. The van der Waals surface area contributed by atoms with Crippen molar-refractivity contribution < 1.29 is 0 Å². The average molecular weight is 624 g/mol. The number of nitrogens with zero attached hydrogens (tertiary/aromatic N) is 3. The van der Waals surface area contributed by atoms with Gasteiger partial charge in [-0.05, 0) is 65.4 Å². The van der Waals surface area contributed by atoms with Gasteiger partial charge in [-0.15, -0.1) is 0 Å². The van der Waals surface area contributed by atoms with Gasteiger partial charge in [0.15, 0.2) is 0 Å². The zero-order chi connectivity index (χ0) is 32.1. The summed E-state index contributed by atoms with van der Waals surface area (Å²) in [7, 11) is 0. The molecule has 0 unspecified atom stereocenters. The van der Waals surface area contributed by atoms with E-state index in [4.69, 9.17) is 0 Å². The van der Waals surface area contributed by atoms with Crippen LogP contribution in [0.3, 0.4) is 0 Å². The largest absolute Gasteiger partial charge is 0.308 e. The first-order chi connectivity index (χ1) is 24.4. The summed E-state index contributed by atoms with van der Waals surface area (Å²) in [5, 5.41) is 10.0. The van der Waals surface area contributed by atoms with Gasteiger partial charge >= 0.3 is 0 Å². The molecule has 0 saturated carbocycles. The SMILES string of the molecule is c1ccc(-n2c3ccccc3c3c4c5ccccc5n(-c5ccc6ccccc6c5)c4c4c5ccccc5n(-c5ccccc5)c4c32)cc1. The van der Waals surface area contributed by atoms with Crippen LogP contribution in [0.5, 0.6) is 0 Å². The molecule has 0 fully saturated rings. The number of rotatable bonds is 3. The molecule has 3 nitrogen and oxygen atoms in total. The molecule has 11 aromatic rings. The summed E-state index contributed by atoms with van der Waals surface area (Å²) in [5.74, 6) is 0. The Hall–Kier alpha value is -6.58. The van der Waals surface area contributed by atoms with Crippen molar-refractivity contribution in [2.45, 2.75) is 0 Å². The van der Waals surface area contributed by atoms with E-state index in [0.717, 1.165) is 17.1 Å². The molecule has 49 heavy (non-hydrogen) atoms. The van der Waals surface area contributed by atoms with Crippen LogP contribution in [0.4, 0.5) is 0 Å². The number of fused-ring (bicyclic) bond motifs is 13. The summed E-state index contributed by atoms with van der Waals surface area (Å²) in [6, 6.07) is 64.1. The standard InChI is InChI=1S/C46H29N3/c1-3-17-32(18-4-1)47-38-24-12-10-22-36(38)42-41-35-21-9-13-25-39(35)49(34-28-27-30-15-7-8-16-31(30)29-34)44(41)43-37-23-11-14-26-40(37)48(46(43)45(42)47)33-19-5-2-6-20-33/h1-29H. The number of aromatic nitrogens is 3. The van der Waals surface area contributed by atoms with Gasteiger partial charge in [0.05, 0.1) is 33.1 Å². The minimum absolute atomic E-state index is 1.15. The topological polar surface area (TPSA) is 14.8 Å². The minimum atomic E-state index is 1.15. The Morgan fingerprint density at radius 2 is 0.673 bits per heavy atom. The van der Waals surface area contributed by atoms with Crippen molar-refractivity contribution in [3.8, 4) is 17.1 Å². The molecule has 0 bridgehead atoms. The number of para-hydroxylation sites is 5. The molecule has 0 N–H and O–H groups in total. The van der Waals surface area contributed by atoms with E-state index in [9.17, 15) is 0 Å². The molecular weight excluding hydrogens is 595 g/mol. The molecule has 3 heterocycles. The first-order valence-electron chi connectivity index (χ1n) is 16.9. The zero-order valence-corrected chi connectivity index (χ0v) is 26.6. The summed E-state index contributed by atoms with van der Waals surface area (Å²) < 4.78 is 7.51. The van der Waals surface area contributed by atoms with E-state index in [1.807, 2.05) is 0 Å². The van der Waals surface area contributed by atoms with Gasteiger partial charge in [-0.2, -0.15) is 0 Å². The quantitative estimate of drug-likeness (QED) is 0.186. The molecule has 228 valence electrons. The highest BCUT2D eigenvalue weighted by Crippen LogP contribution is 2.50. The third kappa shape index (κ3) is 3.56. The number of hydrogen-bond donors (Lipinski definition) is 0. The van der Waals surface area contributed by atoms with Gasteiger partial charge in [0.1, 0.15) is 0 Å². The van der Waals surface area contributed by atoms with Gasteiger partial charge < -0.3 is 13.7 Å². The van der Waals surface area contributed by atoms with E-state index in [-0.39, 0.29) is 0 Å². The lowest BCUT2D eigenvalue weighted by molar-refractivity contribution is 1.15. The Morgan fingerprint density at radius 3 is 1.24 bits per heavy atom. The molecule has 0 aliphatic heterocycles. The van der Waals surface area contributed by atoms with Crippen LogP contribution in [0.2, 0.25) is 0 Å². The monoisotopic (exact) mass is 623 g/mol. The lowest BCUT2D eigenvalue weighted by atomic mass is 10.0. The van der Waals surface area contributed by atoms with Crippen molar-refractivity contribution in [2.75, 3.05) is 0 Å². The van der Waals surface area contributed by atoms with Gasteiger partial charge in [0, 0.05) is 49.4 Å². The summed E-state index contributed by atoms with van der Waals surface area (Å²) in [4.78, 5) is 0. The van der Waals surface area contributed by atoms with Crippen LogP contribution < -0.4 is 0 Å². The highest BCUT2D eigenvalue weighted by atomic mass is 15.1. The Labute approximate surface area is 282 Å². The molecule has 3 aromatic heterocycles. The molecular formula is C46H29N3. The van der Waals surface area contributed by atoms with Crippen molar-refractivity contribution in [3.63, 3.8) is 0 Å². The fourth-order valence-corrected chi connectivity index (χ4v) is 8.43. The van der Waals surface area contributed by atoms with E-state index in [1.165, 1.54) is 76.2 Å². The van der Waals surface area contributed by atoms with Crippen LogP contribution in [-0.4, -0.2) is 13.7 Å². The van der Waals surface area contributed by atoms with Crippen molar-refractivity contribution in [1.82, 2.24) is 13.7 Å². The Balaban J connectivity index is 1.51. The maximum atomic E-state index is 2.52. The van der Waals surface area contributed by atoms with Crippen molar-refractivity contribution in [1.29, 1.82) is 0 Å². The predicted molar refractivity (Wildman–Crippen MR) is 207 cm³/mol. The molecule has 3 heteroatoms. The van der Waals surface area contributed by atoms with Crippen molar-refractivity contribution in [3.05, 3.63) is 176 Å². The molecule has 0 spiro atoms. The molecule has 0 amide bonds. The molecule has 0 aliphatic rings. The van der Waals surface area contributed by atoms with Crippen LogP contribution in [0.1, 0.15) is 0 Å². The van der Waals surface area contributed by atoms with Crippen LogP contribution in [-0.2, 0) is 0 Å². The Morgan fingerprint density at radius 1 is 0.265 bits per heavy atom. The van der Waals surface area contributed by atoms with Crippen LogP contribution in [0.25, 0.3) is 93.3 Å². The molecule has 0 aliphatic carbocycles. The maximum absolute atomic E-state index is 2.52. The van der Waals surface area contributed by atoms with Gasteiger partial charge in [-0.25, -0.2) is 0 Å². The second-order valence-electron chi connectivity index (χ2n) is 12.9. The lowest BCUT2D eigenvalue weighted by Gasteiger charge is -2.14. The number of hydrogen-bond acceptors (Lipinski definition) is 0. The smallest absolute Gasteiger partial charge is 0.0810 e. The third-order valence-electron chi connectivity index (χ3n) is 10.4. The van der Waals surface area contributed by atoms with E-state index in [0.29, 0.717) is 0 Å². The second-order valence-corrected chi connectivity index (χ2v) is 12.9. The Kier molecular flexibility index (Phi) is 5.38. The van der Waals surface area contributed by atoms with E-state index in [1.54, 1.807) is 0 Å². The summed E-state index contributed by atoms with van der Waals surface area (Å²) in [6.45, 7) is 0.